The molecule has 0 aliphatic rings. The Hall–Kier alpha value is -3.43. The third-order valence-corrected chi connectivity index (χ3v) is 3.82. The highest BCUT2D eigenvalue weighted by Crippen LogP contribution is 2.20. The van der Waals surface area contributed by atoms with Gasteiger partial charge in [0.15, 0.2) is 6.10 Å². The lowest BCUT2D eigenvalue weighted by Crippen LogP contribution is -2.47. The summed E-state index contributed by atoms with van der Waals surface area (Å²) in [5.74, 6) is -2.92. The Morgan fingerprint density at radius 2 is 1.79 bits per heavy atom. The fourth-order valence-electron chi connectivity index (χ4n) is 2.41. The number of nitrogens with one attached hydrogen (secondary N) is 1. The second kappa shape index (κ2) is 9.49. The van der Waals surface area contributed by atoms with Crippen LogP contribution in [0.3, 0.4) is 0 Å². The topological polar surface area (TPSA) is 148 Å². The Bertz CT molecular complexity index is 869. The molecule has 0 saturated carbocycles. The molecule has 5 N–H and O–H groups in total. The summed E-state index contributed by atoms with van der Waals surface area (Å²) in [4.78, 5) is 34.5. The third kappa shape index (κ3) is 5.29. The van der Waals surface area contributed by atoms with Gasteiger partial charge in [0.2, 0.25) is 0 Å². The number of nitrogens with two attached hydrogens (primary N) is 1. The zero-order valence-electron chi connectivity index (χ0n) is 15.0. The van der Waals surface area contributed by atoms with Crippen LogP contribution >= 0.6 is 0 Å². The van der Waals surface area contributed by atoms with E-state index in [1.165, 1.54) is 7.11 Å². The van der Waals surface area contributed by atoms with Crippen molar-refractivity contribution in [2.75, 3.05) is 12.4 Å². The van der Waals surface area contributed by atoms with Crippen LogP contribution in [0, 0.1) is 0 Å². The Morgan fingerprint density at radius 3 is 2.43 bits per heavy atom. The van der Waals surface area contributed by atoms with Crippen LogP contribution in [-0.4, -0.2) is 47.3 Å². The molecule has 0 spiro atoms. The number of carboxylic acids is 2. The Kier molecular flexibility index (Phi) is 7.08. The molecule has 0 unspecified atom stereocenters. The van der Waals surface area contributed by atoms with Crippen molar-refractivity contribution in [3.05, 3.63) is 59.7 Å². The van der Waals surface area contributed by atoms with E-state index < -0.39 is 24.1 Å². The molecule has 2 atom stereocenters. The summed E-state index contributed by atoms with van der Waals surface area (Å²) in [7, 11) is 1.46. The minimum Gasteiger partial charge on any atom is -0.496 e. The number of amides is 1. The summed E-state index contributed by atoms with van der Waals surface area (Å²) < 4.78 is 10.3. The van der Waals surface area contributed by atoms with Gasteiger partial charge in [-0.25, -0.2) is 4.79 Å². The molecule has 0 aromatic heterocycles. The van der Waals surface area contributed by atoms with E-state index in [0.29, 0.717) is 22.6 Å². The van der Waals surface area contributed by atoms with Crippen LogP contribution in [0.15, 0.2) is 48.5 Å². The van der Waals surface area contributed by atoms with E-state index in [4.69, 9.17) is 25.4 Å². The van der Waals surface area contributed by atoms with Crippen molar-refractivity contribution in [3.8, 4) is 5.75 Å². The molecule has 28 heavy (non-hydrogen) atoms. The molecule has 1 amide bonds. The van der Waals surface area contributed by atoms with E-state index in [2.05, 4.69) is 5.32 Å². The number of hydrogen-bond donors (Lipinski definition) is 4. The van der Waals surface area contributed by atoms with Crippen LogP contribution in [0.1, 0.15) is 15.9 Å². The lowest BCUT2D eigenvalue weighted by atomic mass is 10.1. The number of carbonyl (C=O) groups excluding carboxylic acids is 1. The van der Waals surface area contributed by atoms with Gasteiger partial charge in [-0.05, 0) is 29.8 Å². The fraction of sp³-hybridized carbons (Fsp3) is 0.211. The normalized spacial score (nSPS) is 12.6. The quantitative estimate of drug-likeness (QED) is 0.503. The zero-order chi connectivity index (χ0) is 20.7. The van der Waals surface area contributed by atoms with Gasteiger partial charge in [-0.1, -0.05) is 24.3 Å². The van der Waals surface area contributed by atoms with Gasteiger partial charge in [0.1, 0.15) is 11.8 Å². The predicted molar refractivity (Wildman–Crippen MR) is 99.2 cm³/mol. The Labute approximate surface area is 160 Å². The highest BCUT2D eigenvalue weighted by atomic mass is 16.5. The smallest absolute Gasteiger partial charge is 0.335 e. The molecule has 9 nitrogen and oxygen atoms in total. The van der Waals surface area contributed by atoms with Crippen molar-refractivity contribution in [1.82, 2.24) is 0 Å². The minimum absolute atomic E-state index is 0.198. The number of ether oxygens (including phenoxy) is 2. The average Bonchev–Trinajstić information content (AvgIpc) is 2.67. The number of methoxy groups -OCH3 is 1. The van der Waals surface area contributed by atoms with Gasteiger partial charge < -0.3 is 30.7 Å². The molecule has 0 saturated heterocycles. The molecule has 0 bridgehead atoms. The van der Waals surface area contributed by atoms with Crippen molar-refractivity contribution in [2.24, 2.45) is 5.73 Å². The van der Waals surface area contributed by atoms with Crippen molar-refractivity contribution in [2.45, 2.75) is 18.8 Å². The molecule has 2 aromatic rings. The number of hydrogen-bond acceptors (Lipinski definition) is 6. The number of benzene rings is 2. The molecule has 0 heterocycles. The highest BCUT2D eigenvalue weighted by molar-refractivity contribution is 6.06. The van der Waals surface area contributed by atoms with E-state index in [1.54, 1.807) is 48.5 Å². The second-order valence-electron chi connectivity index (χ2n) is 5.79. The Morgan fingerprint density at radius 1 is 1.07 bits per heavy atom. The van der Waals surface area contributed by atoms with Gasteiger partial charge in [-0.3, -0.25) is 9.59 Å². The lowest BCUT2D eigenvalue weighted by molar-refractivity contribution is -0.159. The first-order valence-electron chi connectivity index (χ1n) is 8.19. The van der Waals surface area contributed by atoms with Crippen molar-refractivity contribution in [3.63, 3.8) is 0 Å². The van der Waals surface area contributed by atoms with Crippen LogP contribution < -0.4 is 15.8 Å². The largest absolute Gasteiger partial charge is 0.496 e. The number of para-hydroxylation sites is 1. The number of carbonyl (C=O) groups is 3. The summed E-state index contributed by atoms with van der Waals surface area (Å²) in [5.41, 5.74) is 6.67. The number of carboxylic acid groups (broad SMARTS) is 2. The molecule has 0 aliphatic carbocycles. The number of aliphatic carboxylic acids is 2. The first-order valence-corrected chi connectivity index (χ1v) is 8.19. The van der Waals surface area contributed by atoms with Gasteiger partial charge in [0.05, 0.1) is 19.3 Å². The fourth-order valence-corrected chi connectivity index (χ4v) is 2.41. The second-order valence-corrected chi connectivity index (χ2v) is 5.79. The van der Waals surface area contributed by atoms with Crippen molar-refractivity contribution < 1.29 is 34.1 Å². The summed E-state index contributed by atoms with van der Waals surface area (Å²) >= 11 is 0. The standard InChI is InChI=1S/C19H20N2O7/c1-27-14-8-3-2-7-13(14)17(22)21-12-6-4-5-11(9-12)10-28-16(19(25)26)15(20)18(23)24/h2-9,15-16H,10,20H2,1H3,(H,21,22)(H,23,24)(H,25,26)/t15-,16-/m0/s1. The number of rotatable bonds is 9. The van der Waals surface area contributed by atoms with Gasteiger partial charge in [-0.15, -0.1) is 0 Å². The maximum atomic E-state index is 12.4. The SMILES string of the molecule is COc1ccccc1C(=O)Nc1cccc(CO[C@H](C(=O)O)[C@H](N)C(=O)O)c1. The summed E-state index contributed by atoms with van der Waals surface area (Å²) in [5, 5.41) is 20.7. The maximum Gasteiger partial charge on any atom is 0.335 e. The summed E-state index contributed by atoms with van der Waals surface area (Å²) in [6.45, 7) is -0.198. The Balaban J connectivity index is 2.08. The monoisotopic (exact) mass is 388 g/mol. The van der Waals surface area contributed by atoms with Gasteiger partial charge >= 0.3 is 11.9 Å². The average molecular weight is 388 g/mol. The molecule has 0 aliphatic heterocycles. The maximum absolute atomic E-state index is 12.4. The summed E-state index contributed by atoms with van der Waals surface area (Å²) in [6.07, 6.45) is -1.70. The van der Waals surface area contributed by atoms with E-state index in [1.807, 2.05) is 0 Å². The van der Waals surface area contributed by atoms with Crippen LogP contribution in [0.4, 0.5) is 5.69 Å². The zero-order valence-corrected chi connectivity index (χ0v) is 15.0. The molecule has 2 rings (SSSR count). The van der Waals surface area contributed by atoms with Gasteiger partial charge in [-0.2, -0.15) is 0 Å². The van der Waals surface area contributed by atoms with Gasteiger partial charge in [0.25, 0.3) is 5.91 Å². The molecule has 2 aromatic carbocycles. The molecule has 0 radical (unpaired) electrons. The highest BCUT2D eigenvalue weighted by Gasteiger charge is 2.31. The van der Waals surface area contributed by atoms with E-state index in [9.17, 15) is 14.4 Å². The predicted octanol–water partition coefficient (Wildman–Crippen LogP) is 1.33. The van der Waals surface area contributed by atoms with Crippen molar-refractivity contribution >= 4 is 23.5 Å². The van der Waals surface area contributed by atoms with E-state index in [-0.39, 0.29) is 12.5 Å². The molecule has 9 heteroatoms. The van der Waals surface area contributed by atoms with Gasteiger partial charge in [0, 0.05) is 5.69 Å². The third-order valence-electron chi connectivity index (χ3n) is 3.82. The van der Waals surface area contributed by atoms with Crippen LogP contribution in [0.5, 0.6) is 5.75 Å². The first kappa shape index (κ1) is 20.9. The van der Waals surface area contributed by atoms with Crippen LogP contribution in [0.25, 0.3) is 0 Å². The summed E-state index contributed by atoms with van der Waals surface area (Å²) in [6, 6.07) is 11.5. The molecular weight excluding hydrogens is 368 g/mol. The van der Waals surface area contributed by atoms with Crippen molar-refractivity contribution in [1.29, 1.82) is 0 Å². The van der Waals surface area contributed by atoms with E-state index in [0.717, 1.165) is 0 Å². The molecule has 148 valence electrons. The lowest BCUT2D eigenvalue weighted by Gasteiger charge is -2.17. The minimum atomic E-state index is -1.70. The van der Waals surface area contributed by atoms with Crippen LogP contribution in [0.2, 0.25) is 0 Å². The van der Waals surface area contributed by atoms with Crippen LogP contribution in [-0.2, 0) is 20.9 Å². The first-order chi connectivity index (χ1) is 13.3. The van der Waals surface area contributed by atoms with E-state index >= 15 is 0 Å². The molecular formula is C19H20N2O7. The number of anilines is 1. The molecule has 0 fully saturated rings.